The number of halogens is 3. The number of carbonyl (C=O) groups is 1. The first-order valence-corrected chi connectivity index (χ1v) is 6.80. The second-order valence-corrected chi connectivity index (χ2v) is 5.27. The van der Waals surface area contributed by atoms with Crippen LogP contribution < -0.4 is 4.90 Å². The minimum absolute atomic E-state index is 0.0801. The van der Waals surface area contributed by atoms with Crippen molar-refractivity contribution in [3.8, 4) is 0 Å². The molecule has 1 N–H and O–H groups in total. The number of oxazole rings is 1. The lowest BCUT2D eigenvalue weighted by Crippen LogP contribution is -2.36. The van der Waals surface area contributed by atoms with Gasteiger partial charge in [-0.1, -0.05) is 0 Å². The van der Waals surface area contributed by atoms with E-state index in [4.69, 9.17) is 9.52 Å². The molecule has 0 aliphatic carbocycles. The normalized spacial score (nSPS) is 17.1. The van der Waals surface area contributed by atoms with E-state index in [1.54, 1.807) is 6.07 Å². The molecule has 0 unspecified atom stereocenters. The molecule has 0 atom stereocenters. The predicted octanol–water partition coefficient (Wildman–Crippen LogP) is 3.15. The maximum absolute atomic E-state index is 12.6. The van der Waals surface area contributed by atoms with Crippen LogP contribution >= 0.6 is 0 Å². The molecule has 1 saturated heterocycles. The monoisotopic (exact) mass is 314 g/mol. The van der Waals surface area contributed by atoms with Gasteiger partial charge in [-0.05, 0) is 31.0 Å². The summed E-state index contributed by atoms with van der Waals surface area (Å²) >= 11 is 0. The fourth-order valence-electron chi connectivity index (χ4n) is 2.62. The number of hydrogen-bond donors (Lipinski definition) is 1. The highest BCUT2D eigenvalue weighted by Crippen LogP contribution is 2.33. The number of fused-ring (bicyclic) bond motifs is 1. The van der Waals surface area contributed by atoms with Crippen LogP contribution in [0, 0.1) is 5.92 Å². The summed E-state index contributed by atoms with van der Waals surface area (Å²) in [6.45, 7) is 1.10. The highest BCUT2D eigenvalue weighted by Gasteiger charge is 2.37. The standard InChI is InChI=1S/C14H13F3N2O3/c15-14(16,17)13-18-10-7-9(1-2-11(10)22-13)19-5-3-8(4-6-19)12(20)21/h1-2,7-8H,3-6H2,(H,20,21). The number of aliphatic carboxylic acids is 1. The van der Waals surface area contributed by atoms with E-state index in [0.29, 0.717) is 25.9 Å². The molecule has 8 heteroatoms. The van der Waals surface area contributed by atoms with Crippen molar-refractivity contribution in [3.63, 3.8) is 0 Å². The molecule has 1 aliphatic rings. The molecule has 3 rings (SSSR count). The predicted molar refractivity (Wildman–Crippen MR) is 71.6 cm³/mol. The Morgan fingerprint density at radius 3 is 2.59 bits per heavy atom. The van der Waals surface area contributed by atoms with Gasteiger partial charge in [0.05, 0.1) is 5.92 Å². The number of piperidine rings is 1. The summed E-state index contributed by atoms with van der Waals surface area (Å²) < 4.78 is 42.4. The first-order chi connectivity index (χ1) is 10.3. The molecular formula is C14H13F3N2O3. The van der Waals surface area contributed by atoms with Gasteiger partial charge in [-0.25, -0.2) is 4.98 Å². The molecule has 1 aromatic heterocycles. The molecule has 2 aromatic rings. The van der Waals surface area contributed by atoms with Gasteiger partial charge in [-0.2, -0.15) is 13.2 Å². The molecule has 1 aliphatic heterocycles. The topological polar surface area (TPSA) is 66.6 Å². The number of hydrogen-bond acceptors (Lipinski definition) is 4. The SMILES string of the molecule is O=C(O)C1CCN(c2ccc3oc(C(F)(F)F)nc3c2)CC1. The van der Waals surface area contributed by atoms with Crippen molar-refractivity contribution in [1.29, 1.82) is 0 Å². The Hall–Kier alpha value is -2.25. The molecule has 1 fully saturated rings. The van der Waals surface area contributed by atoms with Gasteiger partial charge in [0.1, 0.15) is 5.52 Å². The second-order valence-electron chi connectivity index (χ2n) is 5.27. The van der Waals surface area contributed by atoms with Crippen molar-refractivity contribution >= 4 is 22.8 Å². The van der Waals surface area contributed by atoms with Crippen LogP contribution in [0.25, 0.3) is 11.1 Å². The molecule has 5 nitrogen and oxygen atoms in total. The molecule has 2 heterocycles. The number of carboxylic acid groups (broad SMARTS) is 1. The van der Waals surface area contributed by atoms with Crippen molar-refractivity contribution in [2.45, 2.75) is 19.0 Å². The van der Waals surface area contributed by atoms with Crippen molar-refractivity contribution in [2.75, 3.05) is 18.0 Å². The van der Waals surface area contributed by atoms with E-state index in [2.05, 4.69) is 4.98 Å². The van der Waals surface area contributed by atoms with E-state index in [0.717, 1.165) is 5.69 Å². The fourth-order valence-corrected chi connectivity index (χ4v) is 2.62. The Labute approximate surface area is 123 Å². The van der Waals surface area contributed by atoms with Crippen LogP contribution in [0.2, 0.25) is 0 Å². The molecule has 0 amide bonds. The molecule has 1 aromatic carbocycles. The summed E-state index contributed by atoms with van der Waals surface area (Å²) in [6, 6.07) is 4.65. The average molecular weight is 314 g/mol. The number of benzene rings is 1. The summed E-state index contributed by atoms with van der Waals surface area (Å²) in [4.78, 5) is 16.3. The zero-order valence-electron chi connectivity index (χ0n) is 11.4. The van der Waals surface area contributed by atoms with Crippen LogP contribution in [0.3, 0.4) is 0 Å². The van der Waals surface area contributed by atoms with Gasteiger partial charge in [-0.3, -0.25) is 4.79 Å². The number of carboxylic acids is 1. The van der Waals surface area contributed by atoms with Crippen LogP contribution in [0.5, 0.6) is 0 Å². The highest BCUT2D eigenvalue weighted by atomic mass is 19.4. The first kappa shape index (κ1) is 14.7. The Balaban J connectivity index is 1.82. The minimum atomic E-state index is -4.61. The van der Waals surface area contributed by atoms with E-state index < -0.39 is 18.0 Å². The summed E-state index contributed by atoms with van der Waals surface area (Å²) in [5, 5.41) is 8.97. The van der Waals surface area contributed by atoms with Crippen LogP contribution in [-0.4, -0.2) is 29.1 Å². The Morgan fingerprint density at radius 1 is 1.32 bits per heavy atom. The molecular weight excluding hydrogens is 301 g/mol. The smallest absolute Gasteiger partial charge is 0.468 e. The van der Waals surface area contributed by atoms with Gasteiger partial charge in [0.2, 0.25) is 0 Å². The second kappa shape index (κ2) is 5.19. The van der Waals surface area contributed by atoms with Gasteiger partial charge in [0, 0.05) is 18.8 Å². The quantitative estimate of drug-likeness (QED) is 0.922. The van der Waals surface area contributed by atoms with Crippen LogP contribution in [0.4, 0.5) is 18.9 Å². The van der Waals surface area contributed by atoms with Crippen molar-refractivity contribution in [1.82, 2.24) is 4.98 Å². The third-order valence-corrected chi connectivity index (χ3v) is 3.82. The molecule has 118 valence electrons. The Morgan fingerprint density at radius 2 is 2.00 bits per heavy atom. The number of rotatable bonds is 2. The zero-order chi connectivity index (χ0) is 15.9. The molecule has 0 radical (unpaired) electrons. The van der Waals surface area contributed by atoms with Crippen LogP contribution in [-0.2, 0) is 11.0 Å². The number of alkyl halides is 3. The van der Waals surface area contributed by atoms with Gasteiger partial charge in [0.25, 0.3) is 0 Å². The van der Waals surface area contributed by atoms with E-state index in [1.165, 1.54) is 12.1 Å². The number of anilines is 1. The van der Waals surface area contributed by atoms with Crippen LogP contribution in [0.1, 0.15) is 18.7 Å². The van der Waals surface area contributed by atoms with Gasteiger partial charge < -0.3 is 14.4 Å². The van der Waals surface area contributed by atoms with Crippen molar-refractivity contribution in [3.05, 3.63) is 24.1 Å². The first-order valence-electron chi connectivity index (χ1n) is 6.80. The fraction of sp³-hybridized carbons (Fsp3) is 0.429. The largest absolute Gasteiger partial charge is 0.481 e. The van der Waals surface area contributed by atoms with E-state index >= 15 is 0 Å². The lowest BCUT2D eigenvalue weighted by atomic mass is 9.97. The summed E-state index contributed by atoms with van der Waals surface area (Å²) in [6.07, 6.45) is -3.58. The third-order valence-electron chi connectivity index (χ3n) is 3.82. The van der Waals surface area contributed by atoms with E-state index in [9.17, 15) is 18.0 Å². The molecule has 22 heavy (non-hydrogen) atoms. The number of nitrogens with zero attached hydrogens (tertiary/aromatic N) is 2. The zero-order valence-corrected chi connectivity index (χ0v) is 11.4. The highest BCUT2D eigenvalue weighted by molar-refractivity contribution is 5.78. The molecule has 0 bridgehead atoms. The number of aromatic nitrogens is 1. The van der Waals surface area contributed by atoms with Crippen molar-refractivity contribution < 1.29 is 27.5 Å². The van der Waals surface area contributed by atoms with Crippen molar-refractivity contribution in [2.24, 2.45) is 5.92 Å². The van der Waals surface area contributed by atoms with Gasteiger partial charge in [0.15, 0.2) is 5.58 Å². The van der Waals surface area contributed by atoms with E-state index in [1.807, 2.05) is 4.90 Å². The Kier molecular flexibility index (Phi) is 3.46. The minimum Gasteiger partial charge on any atom is -0.481 e. The lowest BCUT2D eigenvalue weighted by Gasteiger charge is -2.31. The lowest BCUT2D eigenvalue weighted by molar-refractivity contribution is -0.156. The van der Waals surface area contributed by atoms with Gasteiger partial charge >= 0.3 is 18.0 Å². The third kappa shape index (κ3) is 2.72. The molecule has 0 spiro atoms. The summed E-state index contributed by atoms with van der Waals surface area (Å²) in [7, 11) is 0. The summed E-state index contributed by atoms with van der Waals surface area (Å²) in [5.41, 5.74) is 0.944. The van der Waals surface area contributed by atoms with Crippen LogP contribution in [0.15, 0.2) is 22.6 Å². The maximum atomic E-state index is 12.6. The molecule has 0 saturated carbocycles. The van der Waals surface area contributed by atoms with E-state index in [-0.39, 0.29) is 17.0 Å². The maximum Gasteiger partial charge on any atom is 0.468 e. The Bertz CT molecular complexity index is 703. The average Bonchev–Trinajstić information content (AvgIpc) is 2.90. The van der Waals surface area contributed by atoms with Gasteiger partial charge in [-0.15, -0.1) is 0 Å². The summed E-state index contributed by atoms with van der Waals surface area (Å²) in [5.74, 6) is -2.42.